The van der Waals surface area contributed by atoms with E-state index in [1.54, 1.807) is 19.4 Å². The predicted molar refractivity (Wildman–Crippen MR) is 76.2 cm³/mol. The van der Waals surface area contributed by atoms with E-state index in [1.807, 2.05) is 0 Å². The van der Waals surface area contributed by atoms with Gasteiger partial charge in [0.05, 0.1) is 18.5 Å². The standard InChI is InChI=1S/C13H20N2O2Si/c1-16-6-7-17-11-9-12(14)13(15-10-11)5-8-18(2,3)4/h9-10H,6-7,14H2,1-4H3. The molecule has 4 nitrogen and oxygen atoms in total. The molecule has 1 aromatic heterocycles. The number of nitrogens with zero attached hydrogens (tertiary/aromatic N) is 1. The van der Waals surface area contributed by atoms with Crippen molar-refractivity contribution in [3.63, 3.8) is 0 Å². The van der Waals surface area contributed by atoms with Crippen molar-refractivity contribution in [3.05, 3.63) is 18.0 Å². The maximum absolute atomic E-state index is 5.89. The van der Waals surface area contributed by atoms with E-state index in [2.05, 4.69) is 36.1 Å². The van der Waals surface area contributed by atoms with E-state index in [0.717, 1.165) is 0 Å². The zero-order chi connectivity index (χ0) is 13.6. The summed E-state index contributed by atoms with van der Waals surface area (Å²) in [5.41, 5.74) is 10.3. The first-order valence-electron chi connectivity index (χ1n) is 5.83. The van der Waals surface area contributed by atoms with E-state index >= 15 is 0 Å². The Balaban J connectivity index is 2.76. The molecule has 1 heterocycles. The van der Waals surface area contributed by atoms with Gasteiger partial charge in [-0.3, -0.25) is 0 Å². The van der Waals surface area contributed by atoms with Crippen LogP contribution in [0.5, 0.6) is 5.75 Å². The lowest BCUT2D eigenvalue weighted by molar-refractivity contribution is 0.146. The van der Waals surface area contributed by atoms with Crippen LogP contribution in [0.15, 0.2) is 12.3 Å². The first-order valence-corrected chi connectivity index (χ1v) is 9.33. The molecule has 0 fully saturated rings. The Bertz CT molecular complexity index is 458. The third kappa shape index (κ3) is 5.21. The molecule has 1 rings (SSSR count). The van der Waals surface area contributed by atoms with Gasteiger partial charge in [-0.15, -0.1) is 5.54 Å². The lowest BCUT2D eigenvalue weighted by Gasteiger charge is -2.07. The fourth-order valence-electron chi connectivity index (χ4n) is 1.13. The van der Waals surface area contributed by atoms with Crippen molar-refractivity contribution in [2.45, 2.75) is 19.6 Å². The SMILES string of the molecule is COCCOc1cnc(C#C[Si](C)(C)C)c(N)c1. The minimum absolute atomic E-state index is 0.484. The number of nitrogen functional groups attached to an aromatic ring is 1. The zero-order valence-electron chi connectivity index (χ0n) is 11.4. The Morgan fingerprint density at radius 2 is 2.06 bits per heavy atom. The van der Waals surface area contributed by atoms with Crippen LogP contribution in [0.3, 0.4) is 0 Å². The summed E-state index contributed by atoms with van der Waals surface area (Å²) in [4.78, 5) is 4.22. The second kappa shape index (κ2) is 6.43. The molecule has 5 heteroatoms. The van der Waals surface area contributed by atoms with Gasteiger partial charge in [0.1, 0.15) is 26.1 Å². The summed E-state index contributed by atoms with van der Waals surface area (Å²) in [6.45, 7) is 7.56. The zero-order valence-corrected chi connectivity index (χ0v) is 12.4. The highest BCUT2D eigenvalue weighted by Crippen LogP contribution is 2.16. The summed E-state index contributed by atoms with van der Waals surface area (Å²) in [7, 11) is 0.223. The summed E-state index contributed by atoms with van der Waals surface area (Å²) in [5, 5.41) is 0. The molecule has 0 aliphatic heterocycles. The molecule has 2 N–H and O–H groups in total. The predicted octanol–water partition coefficient (Wildman–Crippen LogP) is 1.92. The van der Waals surface area contributed by atoms with E-state index < -0.39 is 8.07 Å². The van der Waals surface area contributed by atoms with E-state index in [1.165, 1.54) is 0 Å². The molecule has 0 saturated heterocycles. The average molecular weight is 264 g/mol. The Kier molecular flexibility index (Phi) is 5.19. The molecule has 1 aromatic rings. The van der Waals surface area contributed by atoms with E-state index in [4.69, 9.17) is 15.2 Å². The van der Waals surface area contributed by atoms with Crippen molar-refractivity contribution in [2.24, 2.45) is 0 Å². The maximum atomic E-state index is 5.89. The Morgan fingerprint density at radius 1 is 1.33 bits per heavy atom. The number of hydrogen-bond donors (Lipinski definition) is 1. The number of anilines is 1. The molecule has 0 aliphatic carbocycles. The van der Waals surface area contributed by atoms with Crippen LogP contribution in [0.2, 0.25) is 19.6 Å². The number of nitrogens with two attached hydrogens (primary N) is 1. The number of rotatable bonds is 4. The second-order valence-electron chi connectivity index (χ2n) is 4.95. The molecular formula is C13H20N2O2Si. The van der Waals surface area contributed by atoms with Gasteiger partial charge in [0.2, 0.25) is 0 Å². The van der Waals surface area contributed by atoms with E-state index in [9.17, 15) is 0 Å². The highest BCUT2D eigenvalue weighted by molar-refractivity contribution is 6.83. The van der Waals surface area contributed by atoms with Crippen molar-refractivity contribution in [1.82, 2.24) is 4.98 Å². The van der Waals surface area contributed by atoms with Gasteiger partial charge in [0, 0.05) is 13.2 Å². The van der Waals surface area contributed by atoms with E-state index in [0.29, 0.717) is 30.3 Å². The van der Waals surface area contributed by atoms with Crippen LogP contribution in [0.4, 0.5) is 5.69 Å². The van der Waals surface area contributed by atoms with Gasteiger partial charge >= 0.3 is 0 Å². The molecule has 0 amide bonds. The van der Waals surface area contributed by atoms with Gasteiger partial charge in [-0.05, 0) is 0 Å². The third-order valence-corrected chi connectivity index (χ3v) is 2.88. The topological polar surface area (TPSA) is 57.4 Å². The smallest absolute Gasteiger partial charge is 0.139 e. The molecule has 0 spiro atoms. The number of pyridine rings is 1. The summed E-state index contributed by atoms with van der Waals surface area (Å²) in [5.74, 6) is 3.68. The first kappa shape index (κ1) is 14.5. The monoisotopic (exact) mass is 264 g/mol. The Labute approximate surface area is 110 Å². The van der Waals surface area contributed by atoms with Gasteiger partial charge in [0.15, 0.2) is 0 Å². The maximum Gasteiger partial charge on any atom is 0.139 e. The molecule has 0 unspecified atom stereocenters. The van der Waals surface area contributed by atoms with Gasteiger partial charge in [-0.25, -0.2) is 4.98 Å². The highest BCUT2D eigenvalue weighted by atomic mass is 28.3. The Morgan fingerprint density at radius 3 is 2.61 bits per heavy atom. The fourth-order valence-corrected chi connectivity index (χ4v) is 1.63. The molecule has 0 saturated carbocycles. The molecule has 18 heavy (non-hydrogen) atoms. The largest absolute Gasteiger partial charge is 0.489 e. The minimum atomic E-state index is -1.41. The first-order chi connectivity index (χ1) is 8.42. The van der Waals surface area contributed by atoms with Crippen LogP contribution in [0, 0.1) is 11.5 Å². The molecule has 0 aromatic carbocycles. The quantitative estimate of drug-likeness (QED) is 0.513. The molecule has 0 radical (unpaired) electrons. The van der Waals surface area contributed by atoms with Crippen LogP contribution in [0.1, 0.15) is 5.69 Å². The van der Waals surface area contributed by atoms with Crippen LogP contribution in [-0.2, 0) is 4.74 Å². The normalized spacial score (nSPS) is 10.7. The van der Waals surface area contributed by atoms with Crippen molar-refractivity contribution < 1.29 is 9.47 Å². The summed E-state index contributed by atoms with van der Waals surface area (Å²) in [6.07, 6.45) is 1.64. The van der Waals surface area contributed by atoms with Crippen molar-refractivity contribution in [3.8, 4) is 17.2 Å². The van der Waals surface area contributed by atoms with Crippen LogP contribution < -0.4 is 10.5 Å². The van der Waals surface area contributed by atoms with Crippen LogP contribution >= 0.6 is 0 Å². The van der Waals surface area contributed by atoms with Crippen molar-refractivity contribution in [1.29, 1.82) is 0 Å². The summed E-state index contributed by atoms with van der Waals surface area (Å²) in [6, 6.07) is 1.75. The number of hydrogen-bond acceptors (Lipinski definition) is 4. The average Bonchev–Trinajstić information content (AvgIpc) is 2.27. The number of aromatic nitrogens is 1. The van der Waals surface area contributed by atoms with Crippen LogP contribution in [0.25, 0.3) is 0 Å². The van der Waals surface area contributed by atoms with E-state index in [-0.39, 0.29) is 0 Å². The molecule has 0 bridgehead atoms. The summed E-state index contributed by atoms with van der Waals surface area (Å²) >= 11 is 0. The molecule has 0 aliphatic rings. The molecular weight excluding hydrogens is 244 g/mol. The van der Waals surface area contributed by atoms with Gasteiger partial charge in [-0.1, -0.05) is 25.6 Å². The molecule has 98 valence electrons. The van der Waals surface area contributed by atoms with Gasteiger partial charge in [0.25, 0.3) is 0 Å². The number of methoxy groups -OCH3 is 1. The van der Waals surface area contributed by atoms with Gasteiger partial charge in [-0.2, -0.15) is 0 Å². The lowest BCUT2D eigenvalue weighted by atomic mass is 10.3. The minimum Gasteiger partial charge on any atom is -0.489 e. The second-order valence-corrected chi connectivity index (χ2v) is 9.70. The lowest BCUT2D eigenvalue weighted by Crippen LogP contribution is -2.16. The van der Waals surface area contributed by atoms with Crippen LogP contribution in [-0.4, -0.2) is 33.4 Å². The summed E-state index contributed by atoms with van der Waals surface area (Å²) < 4.78 is 10.3. The Hall–Kier alpha value is -1.51. The van der Waals surface area contributed by atoms with Crippen molar-refractivity contribution in [2.75, 3.05) is 26.1 Å². The number of ether oxygens (including phenoxy) is 2. The van der Waals surface area contributed by atoms with Crippen molar-refractivity contribution >= 4 is 13.8 Å². The highest BCUT2D eigenvalue weighted by Gasteiger charge is 2.08. The molecule has 0 atom stereocenters. The van der Waals surface area contributed by atoms with Gasteiger partial charge < -0.3 is 15.2 Å². The fraction of sp³-hybridized carbons (Fsp3) is 0.462. The third-order valence-electron chi connectivity index (χ3n) is 2.00.